The predicted molar refractivity (Wildman–Crippen MR) is 67.6 cm³/mol. The highest BCUT2D eigenvalue weighted by Crippen LogP contribution is 2.21. The quantitative estimate of drug-likeness (QED) is 0.888. The third kappa shape index (κ3) is 2.94. The first-order valence-corrected chi connectivity index (χ1v) is 7.37. The molecule has 1 aliphatic heterocycles. The summed E-state index contributed by atoms with van der Waals surface area (Å²) in [6, 6.07) is 5.65. The lowest BCUT2D eigenvalue weighted by Crippen LogP contribution is -2.34. The Kier molecular flexibility index (Phi) is 4.18. The van der Waals surface area contributed by atoms with Gasteiger partial charge in [0.1, 0.15) is 0 Å². The molecule has 1 saturated heterocycles. The van der Waals surface area contributed by atoms with Crippen molar-refractivity contribution in [3.8, 4) is 0 Å². The van der Waals surface area contributed by atoms with Gasteiger partial charge < -0.3 is 9.84 Å². The summed E-state index contributed by atoms with van der Waals surface area (Å²) in [7, 11) is -3.79. The van der Waals surface area contributed by atoms with Gasteiger partial charge in [-0.2, -0.15) is 4.31 Å². The molecular formula is C12H15NO5S. The van der Waals surface area contributed by atoms with Crippen LogP contribution in [0.3, 0.4) is 0 Å². The minimum atomic E-state index is -3.79. The fraction of sp³-hybridized carbons (Fsp3) is 0.417. The van der Waals surface area contributed by atoms with Crippen LogP contribution in [0, 0.1) is 0 Å². The van der Waals surface area contributed by atoms with Crippen molar-refractivity contribution in [2.24, 2.45) is 0 Å². The molecular weight excluding hydrogens is 270 g/mol. The predicted octanol–water partition coefficient (Wildman–Crippen LogP) is 0.796. The number of carbonyl (C=O) groups is 1. The average Bonchev–Trinajstić information content (AvgIpc) is 2.68. The summed E-state index contributed by atoms with van der Waals surface area (Å²) in [6.45, 7) is 1.44. The summed E-state index contributed by atoms with van der Waals surface area (Å²) < 4.78 is 31.4. The van der Waals surface area contributed by atoms with Crippen LogP contribution in [0.1, 0.15) is 16.8 Å². The van der Waals surface area contributed by atoms with E-state index in [1.807, 2.05) is 0 Å². The Morgan fingerprint density at radius 2 is 1.95 bits per heavy atom. The van der Waals surface area contributed by atoms with E-state index in [9.17, 15) is 13.2 Å². The van der Waals surface area contributed by atoms with Crippen LogP contribution in [0.15, 0.2) is 29.2 Å². The van der Waals surface area contributed by atoms with Crippen LogP contribution in [0.25, 0.3) is 0 Å². The van der Waals surface area contributed by atoms with Crippen molar-refractivity contribution in [2.45, 2.75) is 11.3 Å². The van der Waals surface area contributed by atoms with Crippen molar-refractivity contribution in [3.63, 3.8) is 0 Å². The second-order valence-electron chi connectivity index (χ2n) is 4.17. The highest BCUT2D eigenvalue weighted by atomic mass is 32.2. The monoisotopic (exact) mass is 285 g/mol. The third-order valence-corrected chi connectivity index (χ3v) is 4.87. The Bertz CT molecular complexity index is 561. The second kappa shape index (κ2) is 5.68. The van der Waals surface area contributed by atoms with Gasteiger partial charge in [0.15, 0.2) is 0 Å². The molecule has 104 valence electrons. The standard InChI is InChI=1S/C12H15NO5S/c14-12(15)10-4-1-2-5-11(10)19(16,17)13-6-3-8-18-9-7-13/h1-2,4-5H,3,6-9H2,(H,14,15). The molecule has 0 radical (unpaired) electrons. The van der Waals surface area contributed by atoms with Gasteiger partial charge in [0, 0.05) is 19.7 Å². The summed E-state index contributed by atoms with van der Waals surface area (Å²) in [4.78, 5) is 10.9. The Morgan fingerprint density at radius 1 is 1.21 bits per heavy atom. The molecule has 0 aromatic heterocycles. The molecule has 0 bridgehead atoms. The number of carboxylic acid groups (broad SMARTS) is 1. The van der Waals surface area contributed by atoms with E-state index in [4.69, 9.17) is 9.84 Å². The normalized spacial score (nSPS) is 17.9. The second-order valence-corrected chi connectivity index (χ2v) is 6.08. The molecule has 0 amide bonds. The van der Waals surface area contributed by atoms with Crippen LogP contribution >= 0.6 is 0 Å². The fourth-order valence-electron chi connectivity index (χ4n) is 1.97. The molecule has 1 fully saturated rings. The first-order chi connectivity index (χ1) is 9.03. The molecule has 0 atom stereocenters. The van der Waals surface area contributed by atoms with E-state index in [1.165, 1.54) is 28.6 Å². The molecule has 0 saturated carbocycles. The molecule has 1 N–H and O–H groups in total. The summed E-state index contributed by atoms with van der Waals surface area (Å²) >= 11 is 0. The number of nitrogens with zero attached hydrogens (tertiary/aromatic N) is 1. The SMILES string of the molecule is O=C(O)c1ccccc1S(=O)(=O)N1CCCOCC1. The van der Waals surface area contributed by atoms with Crippen LogP contribution in [-0.4, -0.2) is 50.1 Å². The molecule has 0 unspecified atom stereocenters. The van der Waals surface area contributed by atoms with E-state index in [0.29, 0.717) is 26.2 Å². The fourth-order valence-corrected chi connectivity index (χ4v) is 3.62. The smallest absolute Gasteiger partial charge is 0.337 e. The van der Waals surface area contributed by atoms with Gasteiger partial charge in [0.25, 0.3) is 0 Å². The van der Waals surface area contributed by atoms with Gasteiger partial charge in [-0.25, -0.2) is 13.2 Å². The summed E-state index contributed by atoms with van der Waals surface area (Å²) in [5, 5.41) is 9.08. The number of hydrogen-bond donors (Lipinski definition) is 1. The number of carboxylic acids is 1. The minimum absolute atomic E-state index is 0.163. The zero-order chi connectivity index (χ0) is 13.9. The number of rotatable bonds is 3. The highest BCUT2D eigenvalue weighted by Gasteiger charge is 2.29. The van der Waals surface area contributed by atoms with Gasteiger partial charge in [0.2, 0.25) is 10.0 Å². The molecule has 1 aliphatic rings. The highest BCUT2D eigenvalue weighted by molar-refractivity contribution is 7.89. The first-order valence-electron chi connectivity index (χ1n) is 5.93. The molecule has 1 heterocycles. The molecule has 0 aliphatic carbocycles. The van der Waals surface area contributed by atoms with Gasteiger partial charge in [-0.1, -0.05) is 12.1 Å². The van der Waals surface area contributed by atoms with E-state index in [0.717, 1.165) is 0 Å². The minimum Gasteiger partial charge on any atom is -0.478 e. The first kappa shape index (κ1) is 14.0. The van der Waals surface area contributed by atoms with E-state index >= 15 is 0 Å². The van der Waals surface area contributed by atoms with Gasteiger partial charge in [-0.15, -0.1) is 0 Å². The van der Waals surface area contributed by atoms with Crippen molar-refractivity contribution >= 4 is 16.0 Å². The maximum atomic E-state index is 12.5. The molecule has 2 rings (SSSR count). The number of hydrogen-bond acceptors (Lipinski definition) is 4. The Hall–Kier alpha value is -1.44. The maximum absolute atomic E-state index is 12.5. The Labute approximate surface area is 111 Å². The Morgan fingerprint density at radius 3 is 2.68 bits per heavy atom. The molecule has 19 heavy (non-hydrogen) atoms. The van der Waals surface area contributed by atoms with Crippen LogP contribution < -0.4 is 0 Å². The number of benzene rings is 1. The Balaban J connectivity index is 2.41. The van der Waals surface area contributed by atoms with Gasteiger partial charge in [0.05, 0.1) is 17.1 Å². The molecule has 0 spiro atoms. The van der Waals surface area contributed by atoms with Gasteiger partial charge >= 0.3 is 5.97 Å². The average molecular weight is 285 g/mol. The van der Waals surface area contributed by atoms with Crippen molar-refractivity contribution in [3.05, 3.63) is 29.8 Å². The van der Waals surface area contributed by atoms with Crippen molar-refractivity contribution < 1.29 is 23.1 Å². The number of sulfonamides is 1. The van der Waals surface area contributed by atoms with E-state index < -0.39 is 16.0 Å². The molecule has 1 aromatic rings. The van der Waals surface area contributed by atoms with E-state index in [-0.39, 0.29) is 17.0 Å². The van der Waals surface area contributed by atoms with Crippen LogP contribution in [-0.2, 0) is 14.8 Å². The van der Waals surface area contributed by atoms with Gasteiger partial charge in [-0.05, 0) is 18.6 Å². The van der Waals surface area contributed by atoms with Crippen molar-refractivity contribution in [1.29, 1.82) is 0 Å². The number of aromatic carboxylic acids is 1. The lowest BCUT2D eigenvalue weighted by molar-refractivity contribution is 0.0692. The molecule has 1 aromatic carbocycles. The van der Waals surface area contributed by atoms with Crippen molar-refractivity contribution in [2.75, 3.05) is 26.3 Å². The lowest BCUT2D eigenvalue weighted by Gasteiger charge is -2.20. The van der Waals surface area contributed by atoms with Crippen LogP contribution in [0.2, 0.25) is 0 Å². The topological polar surface area (TPSA) is 83.9 Å². The van der Waals surface area contributed by atoms with E-state index in [2.05, 4.69) is 0 Å². The van der Waals surface area contributed by atoms with Crippen molar-refractivity contribution in [1.82, 2.24) is 4.31 Å². The van der Waals surface area contributed by atoms with Crippen LogP contribution in [0.4, 0.5) is 0 Å². The van der Waals surface area contributed by atoms with Gasteiger partial charge in [-0.3, -0.25) is 0 Å². The number of ether oxygens (including phenoxy) is 1. The van der Waals surface area contributed by atoms with Crippen LogP contribution in [0.5, 0.6) is 0 Å². The summed E-state index contributed by atoms with van der Waals surface area (Å²) in [6.07, 6.45) is 0.606. The molecule has 6 nitrogen and oxygen atoms in total. The largest absolute Gasteiger partial charge is 0.478 e. The lowest BCUT2D eigenvalue weighted by atomic mass is 10.2. The summed E-state index contributed by atoms with van der Waals surface area (Å²) in [5.74, 6) is -1.25. The summed E-state index contributed by atoms with van der Waals surface area (Å²) in [5.41, 5.74) is -0.201. The zero-order valence-corrected chi connectivity index (χ0v) is 11.1. The molecule has 7 heteroatoms. The van der Waals surface area contributed by atoms with E-state index in [1.54, 1.807) is 0 Å². The zero-order valence-electron chi connectivity index (χ0n) is 10.3. The maximum Gasteiger partial charge on any atom is 0.337 e. The third-order valence-electron chi connectivity index (χ3n) is 2.92.